The van der Waals surface area contributed by atoms with Gasteiger partial charge in [0.05, 0.1) is 18.2 Å². The minimum Gasteiger partial charge on any atom is -0.490 e. The van der Waals surface area contributed by atoms with Crippen molar-refractivity contribution in [2.24, 2.45) is 0 Å². The molecule has 0 radical (unpaired) electrons. The lowest BCUT2D eigenvalue weighted by atomic mass is 9.97. The number of hydrogen-bond acceptors (Lipinski definition) is 4. The van der Waals surface area contributed by atoms with E-state index in [1.807, 2.05) is 98.8 Å². The fraction of sp³-hybridized carbons (Fsp3) is 0.133. The molecule has 0 unspecified atom stereocenters. The van der Waals surface area contributed by atoms with Crippen molar-refractivity contribution in [3.05, 3.63) is 102 Å². The van der Waals surface area contributed by atoms with Crippen LogP contribution < -0.4 is 14.8 Å². The van der Waals surface area contributed by atoms with Crippen LogP contribution in [0.5, 0.6) is 11.5 Å². The summed E-state index contributed by atoms with van der Waals surface area (Å²) < 4.78 is 11.5. The molecule has 1 N–H and O–H groups in total. The van der Waals surface area contributed by atoms with Gasteiger partial charge >= 0.3 is 0 Å². The number of fused-ring (bicyclic) bond motifs is 1. The molecule has 5 heteroatoms. The summed E-state index contributed by atoms with van der Waals surface area (Å²) in [4.78, 5) is 12.4. The third-order valence-electron chi connectivity index (χ3n) is 5.56. The van der Waals surface area contributed by atoms with E-state index in [4.69, 9.17) is 9.47 Å². The van der Waals surface area contributed by atoms with E-state index in [-0.39, 0.29) is 12.5 Å². The molecular weight excluding hydrogens is 436 g/mol. The van der Waals surface area contributed by atoms with E-state index in [9.17, 15) is 10.1 Å². The molecule has 0 fully saturated rings. The minimum atomic E-state index is -0.256. The van der Waals surface area contributed by atoms with Crippen LogP contribution in [0.3, 0.4) is 0 Å². The predicted molar refractivity (Wildman–Crippen MR) is 140 cm³/mol. The van der Waals surface area contributed by atoms with E-state index >= 15 is 0 Å². The van der Waals surface area contributed by atoms with Gasteiger partial charge in [-0.3, -0.25) is 4.79 Å². The van der Waals surface area contributed by atoms with E-state index < -0.39 is 0 Å². The maximum Gasteiger partial charge on any atom is 0.262 e. The first-order valence-electron chi connectivity index (χ1n) is 11.4. The summed E-state index contributed by atoms with van der Waals surface area (Å²) >= 11 is 0. The number of amides is 1. The first-order valence-corrected chi connectivity index (χ1v) is 11.4. The molecule has 0 aliphatic heterocycles. The van der Waals surface area contributed by atoms with Crippen molar-refractivity contribution in [1.82, 2.24) is 0 Å². The Morgan fingerprint density at radius 2 is 1.71 bits per heavy atom. The zero-order valence-corrected chi connectivity index (χ0v) is 19.7. The standard InChI is InChI=1S/C30H26N2O3/c1-3-34-29-18-22(17-24(19-31)26-13-8-11-23-10-5-6-12-25(23)26)15-16-28(29)35-20-30(33)32-27-14-7-4-9-21(27)2/h4-18H,3,20H2,1-2H3,(H,32,33)/b24-17+. The summed E-state index contributed by atoms with van der Waals surface area (Å²) in [6.45, 7) is 4.11. The first kappa shape index (κ1) is 23.6. The fourth-order valence-corrected chi connectivity index (χ4v) is 3.84. The third-order valence-corrected chi connectivity index (χ3v) is 5.56. The number of allylic oxidation sites excluding steroid dienone is 1. The number of anilines is 1. The van der Waals surface area contributed by atoms with Crippen LogP contribution in [0, 0.1) is 18.3 Å². The molecular formula is C30H26N2O3. The molecule has 0 bridgehead atoms. The van der Waals surface area contributed by atoms with Gasteiger partial charge in [-0.1, -0.05) is 66.7 Å². The number of carbonyl (C=O) groups excluding carboxylic acids is 1. The van der Waals surface area contributed by atoms with Crippen molar-refractivity contribution in [3.8, 4) is 17.6 Å². The molecule has 0 aliphatic rings. The topological polar surface area (TPSA) is 71.3 Å². The number of hydrogen-bond donors (Lipinski definition) is 1. The molecule has 4 rings (SSSR count). The quantitative estimate of drug-likeness (QED) is 0.236. The average Bonchev–Trinajstić information content (AvgIpc) is 2.88. The Morgan fingerprint density at radius 3 is 2.51 bits per heavy atom. The monoisotopic (exact) mass is 462 g/mol. The Kier molecular flexibility index (Phi) is 7.44. The van der Waals surface area contributed by atoms with Crippen LogP contribution in [0.25, 0.3) is 22.4 Å². The Balaban J connectivity index is 1.55. The predicted octanol–water partition coefficient (Wildman–Crippen LogP) is 6.63. The second kappa shape index (κ2) is 11.0. The molecule has 0 saturated carbocycles. The van der Waals surface area contributed by atoms with E-state index in [2.05, 4.69) is 11.4 Å². The molecule has 35 heavy (non-hydrogen) atoms. The largest absolute Gasteiger partial charge is 0.490 e. The van der Waals surface area contributed by atoms with Crippen molar-refractivity contribution >= 4 is 34.0 Å². The molecule has 0 saturated heterocycles. The lowest BCUT2D eigenvalue weighted by Crippen LogP contribution is -2.20. The molecule has 0 spiro atoms. The lowest BCUT2D eigenvalue weighted by molar-refractivity contribution is -0.118. The van der Waals surface area contributed by atoms with Crippen LogP contribution in [-0.4, -0.2) is 19.1 Å². The van der Waals surface area contributed by atoms with E-state index in [0.717, 1.165) is 33.2 Å². The number of ether oxygens (including phenoxy) is 2. The van der Waals surface area contributed by atoms with Crippen LogP contribution in [-0.2, 0) is 4.79 Å². The minimum absolute atomic E-state index is 0.150. The van der Waals surface area contributed by atoms with Gasteiger partial charge in [-0.05, 0) is 60.0 Å². The molecule has 0 aromatic heterocycles. The second-order valence-electron chi connectivity index (χ2n) is 7.99. The van der Waals surface area contributed by atoms with Gasteiger partial charge in [-0.2, -0.15) is 5.26 Å². The van der Waals surface area contributed by atoms with Crippen molar-refractivity contribution in [3.63, 3.8) is 0 Å². The Labute approximate surface area is 205 Å². The smallest absolute Gasteiger partial charge is 0.262 e. The van der Waals surface area contributed by atoms with Crippen LogP contribution >= 0.6 is 0 Å². The van der Waals surface area contributed by atoms with Gasteiger partial charge < -0.3 is 14.8 Å². The SMILES string of the molecule is CCOc1cc(/C=C(\C#N)c2cccc3ccccc23)ccc1OCC(=O)Nc1ccccc1C. The van der Waals surface area contributed by atoms with Gasteiger partial charge in [-0.15, -0.1) is 0 Å². The molecule has 4 aromatic rings. The molecule has 174 valence electrons. The van der Waals surface area contributed by atoms with Gasteiger partial charge in [0.1, 0.15) is 0 Å². The summed E-state index contributed by atoms with van der Waals surface area (Å²) in [7, 11) is 0. The van der Waals surface area contributed by atoms with Gasteiger partial charge in [-0.25, -0.2) is 0 Å². The van der Waals surface area contributed by atoms with Gasteiger partial charge in [0, 0.05) is 11.3 Å². The highest BCUT2D eigenvalue weighted by Gasteiger charge is 2.11. The van der Waals surface area contributed by atoms with Crippen LogP contribution in [0.2, 0.25) is 0 Å². The Morgan fingerprint density at radius 1 is 0.943 bits per heavy atom. The summed E-state index contributed by atoms with van der Waals surface area (Å²) in [6.07, 6.45) is 1.83. The Hall–Kier alpha value is -4.56. The molecule has 5 nitrogen and oxygen atoms in total. The average molecular weight is 463 g/mol. The lowest BCUT2D eigenvalue weighted by Gasteiger charge is -2.13. The summed E-state index contributed by atoms with van der Waals surface area (Å²) in [5.74, 6) is 0.723. The normalized spacial score (nSPS) is 11.1. The number of aryl methyl sites for hydroxylation is 1. The van der Waals surface area contributed by atoms with Gasteiger partial charge in [0.25, 0.3) is 5.91 Å². The number of carbonyl (C=O) groups is 1. The number of nitriles is 1. The van der Waals surface area contributed by atoms with Crippen molar-refractivity contribution in [1.29, 1.82) is 5.26 Å². The highest BCUT2D eigenvalue weighted by Crippen LogP contribution is 2.31. The summed E-state index contributed by atoms with van der Waals surface area (Å²) in [6, 6.07) is 29.3. The number of rotatable bonds is 8. The fourth-order valence-electron chi connectivity index (χ4n) is 3.84. The van der Waals surface area contributed by atoms with Gasteiger partial charge in [0.2, 0.25) is 0 Å². The molecule has 1 amide bonds. The molecule has 0 heterocycles. The van der Waals surface area contributed by atoms with Crippen LogP contribution in [0.15, 0.2) is 84.9 Å². The second-order valence-corrected chi connectivity index (χ2v) is 7.99. The highest BCUT2D eigenvalue weighted by molar-refractivity contribution is 6.01. The number of nitrogens with zero attached hydrogens (tertiary/aromatic N) is 1. The van der Waals surface area contributed by atoms with Crippen molar-refractivity contribution in [2.75, 3.05) is 18.5 Å². The van der Waals surface area contributed by atoms with Crippen LogP contribution in [0.1, 0.15) is 23.6 Å². The van der Waals surface area contributed by atoms with E-state index in [1.54, 1.807) is 6.07 Å². The Bertz CT molecular complexity index is 1430. The van der Waals surface area contributed by atoms with Crippen LogP contribution in [0.4, 0.5) is 5.69 Å². The molecule has 4 aromatic carbocycles. The molecule has 0 atom stereocenters. The molecule has 0 aliphatic carbocycles. The number of nitrogens with one attached hydrogen (secondary N) is 1. The summed E-state index contributed by atoms with van der Waals surface area (Å²) in [5.41, 5.74) is 3.96. The van der Waals surface area contributed by atoms with Crippen molar-refractivity contribution in [2.45, 2.75) is 13.8 Å². The third kappa shape index (κ3) is 5.69. The van der Waals surface area contributed by atoms with Gasteiger partial charge in [0.15, 0.2) is 18.1 Å². The number of benzene rings is 4. The zero-order chi connectivity index (χ0) is 24.6. The maximum absolute atomic E-state index is 12.4. The van der Waals surface area contributed by atoms with E-state index in [0.29, 0.717) is 23.7 Å². The van der Waals surface area contributed by atoms with Crippen molar-refractivity contribution < 1.29 is 14.3 Å². The highest BCUT2D eigenvalue weighted by atomic mass is 16.5. The zero-order valence-electron chi connectivity index (χ0n) is 19.7. The maximum atomic E-state index is 12.4. The van der Waals surface area contributed by atoms with E-state index in [1.165, 1.54) is 0 Å². The first-order chi connectivity index (χ1) is 17.1. The summed E-state index contributed by atoms with van der Waals surface area (Å²) in [5, 5.41) is 14.9. The number of para-hydroxylation sites is 1.